The zero-order valence-corrected chi connectivity index (χ0v) is 9.70. The first kappa shape index (κ1) is 9.93. The molecule has 1 aliphatic heterocycles. The van der Waals surface area contributed by atoms with E-state index in [-0.39, 0.29) is 0 Å². The Bertz CT molecular complexity index is 460. The van der Waals surface area contributed by atoms with Crippen molar-refractivity contribution in [2.45, 2.75) is 18.9 Å². The second-order valence-corrected chi connectivity index (χ2v) is 4.82. The Morgan fingerprint density at radius 2 is 2.31 bits per heavy atom. The number of hydrogen-bond acceptors (Lipinski definition) is 4. The van der Waals surface area contributed by atoms with Crippen LogP contribution >= 0.6 is 11.3 Å². The SMILES string of the molecule is c1ccc(-c2csc(C3CCCN3)n2)nc1. The molecular weight excluding hydrogens is 218 g/mol. The maximum Gasteiger partial charge on any atom is 0.110 e. The van der Waals surface area contributed by atoms with Crippen molar-refractivity contribution >= 4 is 11.3 Å². The van der Waals surface area contributed by atoms with E-state index in [4.69, 9.17) is 0 Å². The van der Waals surface area contributed by atoms with E-state index in [1.165, 1.54) is 17.8 Å². The summed E-state index contributed by atoms with van der Waals surface area (Å²) in [5, 5.41) is 6.75. The smallest absolute Gasteiger partial charge is 0.110 e. The predicted molar refractivity (Wildman–Crippen MR) is 65.3 cm³/mol. The number of rotatable bonds is 2. The van der Waals surface area contributed by atoms with E-state index in [2.05, 4.69) is 20.7 Å². The van der Waals surface area contributed by atoms with Crippen LogP contribution in [0.25, 0.3) is 11.4 Å². The fraction of sp³-hybridized carbons (Fsp3) is 0.333. The van der Waals surface area contributed by atoms with E-state index in [0.717, 1.165) is 17.9 Å². The van der Waals surface area contributed by atoms with Gasteiger partial charge in [-0.1, -0.05) is 6.07 Å². The Morgan fingerprint density at radius 3 is 3.06 bits per heavy atom. The maximum atomic E-state index is 4.66. The molecule has 2 aromatic heterocycles. The summed E-state index contributed by atoms with van der Waals surface area (Å²) >= 11 is 1.73. The second-order valence-electron chi connectivity index (χ2n) is 3.93. The van der Waals surface area contributed by atoms with Crippen LogP contribution in [0.15, 0.2) is 29.8 Å². The van der Waals surface area contributed by atoms with Gasteiger partial charge in [-0.05, 0) is 31.5 Å². The van der Waals surface area contributed by atoms with E-state index < -0.39 is 0 Å². The second kappa shape index (κ2) is 4.31. The summed E-state index contributed by atoms with van der Waals surface area (Å²) in [6.45, 7) is 1.11. The maximum absolute atomic E-state index is 4.66. The molecule has 0 bridgehead atoms. The highest BCUT2D eigenvalue weighted by atomic mass is 32.1. The molecule has 0 amide bonds. The first-order chi connectivity index (χ1) is 7.93. The molecule has 82 valence electrons. The van der Waals surface area contributed by atoms with Crippen molar-refractivity contribution in [1.82, 2.24) is 15.3 Å². The van der Waals surface area contributed by atoms with Gasteiger partial charge in [-0.15, -0.1) is 11.3 Å². The zero-order valence-electron chi connectivity index (χ0n) is 8.89. The third-order valence-electron chi connectivity index (χ3n) is 2.81. The molecule has 0 aliphatic carbocycles. The quantitative estimate of drug-likeness (QED) is 0.863. The van der Waals surface area contributed by atoms with Gasteiger partial charge in [0.1, 0.15) is 5.01 Å². The van der Waals surface area contributed by atoms with Gasteiger partial charge in [-0.3, -0.25) is 4.98 Å². The monoisotopic (exact) mass is 231 g/mol. The first-order valence-corrected chi connectivity index (χ1v) is 6.42. The molecule has 0 saturated carbocycles. The molecule has 1 aliphatic rings. The molecule has 0 aromatic carbocycles. The van der Waals surface area contributed by atoms with E-state index in [1.807, 2.05) is 24.4 Å². The van der Waals surface area contributed by atoms with Gasteiger partial charge in [-0.2, -0.15) is 0 Å². The van der Waals surface area contributed by atoms with Gasteiger partial charge in [0.05, 0.1) is 17.4 Å². The zero-order chi connectivity index (χ0) is 10.8. The van der Waals surface area contributed by atoms with Crippen LogP contribution in [0, 0.1) is 0 Å². The highest BCUT2D eigenvalue weighted by Gasteiger charge is 2.19. The number of nitrogens with one attached hydrogen (secondary N) is 1. The number of thiazole rings is 1. The van der Waals surface area contributed by atoms with Gasteiger partial charge in [0.15, 0.2) is 0 Å². The number of pyridine rings is 1. The summed E-state index contributed by atoms with van der Waals surface area (Å²) in [7, 11) is 0. The van der Waals surface area contributed by atoms with Crippen molar-refractivity contribution in [1.29, 1.82) is 0 Å². The molecule has 1 fully saturated rings. The van der Waals surface area contributed by atoms with Crippen molar-refractivity contribution in [3.05, 3.63) is 34.8 Å². The highest BCUT2D eigenvalue weighted by Crippen LogP contribution is 2.28. The number of nitrogens with zero attached hydrogens (tertiary/aromatic N) is 2. The van der Waals surface area contributed by atoms with Crippen LogP contribution in [-0.4, -0.2) is 16.5 Å². The molecule has 1 N–H and O–H groups in total. The Kier molecular flexibility index (Phi) is 2.68. The minimum Gasteiger partial charge on any atom is -0.308 e. The van der Waals surface area contributed by atoms with Gasteiger partial charge >= 0.3 is 0 Å². The minimum absolute atomic E-state index is 0.461. The molecule has 4 heteroatoms. The lowest BCUT2D eigenvalue weighted by Crippen LogP contribution is -2.12. The van der Waals surface area contributed by atoms with Crippen LogP contribution in [0.3, 0.4) is 0 Å². The van der Waals surface area contributed by atoms with Crippen molar-refractivity contribution in [3.8, 4) is 11.4 Å². The average molecular weight is 231 g/mol. The Hall–Kier alpha value is -1.26. The number of aromatic nitrogens is 2. The Balaban J connectivity index is 1.87. The summed E-state index contributed by atoms with van der Waals surface area (Å²) in [5.74, 6) is 0. The summed E-state index contributed by atoms with van der Waals surface area (Å²) < 4.78 is 0. The summed E-state index contributed by atoms with van der Waals surface area (Å²) in [5.41, 5.74) is 1.96. The van der Waals surface area contributed by atoms with Gasteiger partial charge in [0, 0.05) is 11.6 Å². The normalized spacial score (nSPS) is 20.1. The van der Waals surface area contributed by atoms with Gasteiger partial charge < -0.3 is 5.32 Å². The van der Waals surface area contributed by atoms with Crippen LogP contribution in [0.5, 0.6) is 0 Å². The topological polar surface area (TPSA) is 37.8 Å². The lowest BCUT2D eigenvalue weighted by molar-refractivity contribution is 0.643. The molecule has 2 aromatic rings. The summed E-state index contributed by atoms with van der Waals surface area (Å²) in [4.78, 5) is 8.97. The third-order valence-corrected chi connectivity index (χ3v) is 3.77. The first-order valence-electron chi connectivity index (χ1n) is 5.54. The van der Waals surface area contributed by atoms with E-state index in [9.17, 15) is 0 Å². The van der Waals surface area contributed by atoms with Crippen molar-refractivity contribution in [2.24, 2.45) is 0 Å². The molecule has 1 unspecified atom stereocenters. The minimum atomic E-state index is 0.461. The standard InChI is InChI=1S/C12H13N3S/c1-2-6-13-9(4-1)11-8-16-12(15-11)10-5-3-7-14-10/h1-2,4,6,8,10,14H,3,5,7H2. The molecule has 3 heterocycles. The molecule has 0 spiro atoms. The third kappa shape index (κ3) is 1.86. The van der Waals surface area contributed by atoms with Crippen LogP contribution in [0.4, 0.5) is 0 Å². The predicted octanol–water partition coefficient (Wildman–Crippen LogP) is 2.63. The van der Waals surface area contributed by atoms with Gasteiger partial charge in [0.2, 0.25) is 0 Å². The Morgan fingerprint density at radius 1 is 1.31 bits per heavy atom. The van der Waals surface area contributed by atoms with E-state index in [0.29, 0.717) is 6.04 Å². The lowest BCUT2D eigenvalue weighted by Gasteiger charge is -2.04. The molecule has 0 radical (unpaired) electrons. The van der Waals surface area contributed by atoms with Crippen LogP contribution < -0.4 is 5.32 Å². The fourth-order valence-electron chi connectivity index (χ4n) is 1.97. The molecule has 1 atom stereocenters. The van der Waals surface area contributed by atoms with Gasteiger partial charge in [-0.25, -0.2) is 4.98 Å². The lowest BCUT2D eigenvalue weighted by atomic mass is 10.2. The molecule has 3 nitrogen and oxygen atoms in total. The van der Waals surface area contributed by atoms with E-state index >= 15 is 0 Å². The van der Waals surface area contributed by atoms with Crippen molar-refractivity contribution in [2.75, 3.05) is 6.54 Å². The molecular formula is C12H13N3S. The summed E-state index contributed by atoms with van der Waals surface area (Å²) in [6.07, 6.45) is 4.26. The Labute approximate surface area is 98.6 Å². The van der Waals surface area contributed by atoms with E-state index in [1.54, 1.807) is 11.3 Å². The average Bonchev–Trinajstić information content (AvgIpc) is 3.01. The van der Waals surface area contributed by atoms with Crippen LogP contribution in [-0.2, 0) is 0 Å². The number of hydrogen-bond donors (Lipinski definition) is 1. The summed E-state index contributed by atoms with van der Waals surface area (Å²) in [6, 6.07) is 6.38. The molecule has 16 heavy (non-hydrogen) atoms. The highest BCUT2D eigenvalue weighted by molar-refractivity contribution is 7.10. The van der Waals surface area contributed by atoms with Gasteiger partial charge in [0.25, 0.3) is 0 Å². The van der Waals surface area contributed by atoms with Crippen molar-refractivity contribution in [3.63, 3.8) is 0 Å². The molecule has 3 rings (SSSR count). The fourth-order valence-corrected chi connectivity index (χ4v) is 2.90. The van der Waals surface area contributed by atoms with Crippen LogP contribution in [0.2, 0.25) is 0 Å². The van der Waals surface area contributed by atoms with Crippen molar-refractivity contribution < 1.29 is 0 Å². The van der Waals surface area contributed by atoms with Crippen LogP contribution in [0.1, 0.15) is 23.9 Å². The molecule has 1 saturated heterocycles. The largest absolute Gasteiger partial charge is 0.308 e.